The third-order valence-electron chi connectivity index (χ3n) is 4.62. The molecule has 0 unspecified atom stereocenters. The van der Waals surface area contributed by atoms with E-state index in [2.05, 4.69) is 0 Å². The number of aromatic nitrogens is 2. The van der Waals surface area contributed by atoms with E-state index < -0.39 is 41.8 Å². The molecule has 9 heteroatoms. The van der Waals surface area contributed by atoms with Gasteiger partial charge in [-0.3, -0.25) is 14.2 Å². The van der Waals surface area contributed by atoms with Crippen LogP contribution in [-0.2, 0) is 20.8 Å². The first kappa shape index (κ1) is 17.8. The summed E-state index contributed by atoms with van der Waals surface area (Å²) in [5.41, 5.74) is -0.213. The fraction of sp³-hybridized carbons (Fsp3) is 0.389. The minimum atomic E-state index is -0.816. The van der Waals surface area contributed by atoms with Crippen LogP contribution < -0.4 is 16.0 Å². The summed E-state index contributed by atoms with van der Waals surface area (Å²) in [6.45, 7) is 1.40. The molecule has 1 aromatic heterocycles. The van der Waals surface area contributed by atoms with Gasteiger partial charge in [-0.05, 0) is 5.56 Å². The van der Waals surface area contributed by atoms with E-state index in [4.69, 9.17) is 25.8 Å². The second-order valence-corrected chi connectivity index (χ2v) is 6.73. The van der Waals surface area contributed by atoms with Crippen LogP contribution in [0.2, 0.25) is 0 Å². The van der Waals surface area contributed by atoms with Crippen molar-refractivity contribution in [3.63, 3.8) is 0 Å². The van der Waals surface area contributed by atoms with Crippen molar-refractivity contribution in [3.8, 4) is 5.88 Å². The number of carbonyl (C=O) groups is 1. The Bertz CT molecular complexity index is 986. The maximum absolute atomic E-state index is 13.0. The third kappa shape index (κ3) is 3.04. The lowest BCUT2D eigenvalue weighted by Crippen LogP contribution is -2.40. The zero-order valence-corrected chi connectivity index (χ0v) is 15.2. The van der Waals surface area contributed by atoms with Gasteiger partial charge in [0.2, 0.25) is 5.88 Å². The second kappa shape index (κ2) is 6.86. The molecule has 4 atom stereocenters. The van der Waals surface area contributed by atoms with Crippen LogP contribution in [0, 0.1) is 0 Å². The van der Waals surface area contributed by atoms with E-state index in [1.807, 2.05) is 30.3 Å². The van der Waals surface area contributed by atoms with Crippen LogP contribution in [0.5, 0.6) is 5.88 Å². The summed E-state index contributed by atoms with van der Waals surface area (Å²) in [6, 6.07) is 10.4. The molecular formula is C18H17ClN2O6. The molecule has 0 saturated carbocycles. The van der Waals surface area contributed by atoms with E-state index in [-0.39, 0.29) is 18.3 Å². The molecule has 1 saturated heterocycles. The highest BCUT2D eigenvalue weighted by atomic mass is 35.5. The molecule has 0 N–H and O–H groups in total. The summed E-state index contributed by atoms with van der Waals surface area (Å²) < 4.78 is 19.2. The minimum absolute atomic E-state index is 0.0715. The van der Waals surface area contributed by atoms with Crippen molar-refractivity contribution < 1.29 is 19.0 Å². The quantitative estimate of drug-likeness (QED) is 0.567. The fourth-order valence-electron chi connectivity index (χ4n) is 3.45. The molecular weight excluding hydrogens is 376 g/mol. The van der Waals surface area contributed by atoms with Gasteiger partial charge in [0.15, 0.2) is 18.4 Å². The standard InChI is InChI=1S/C18H17ClN2O6/c1-10(22)25-15-12(8-19)26-17-16(15)27-14-7-13(23)20(18(24)21(14)17)9-11-5-3-2-4-6-11/h2-7,12,15-17H,8-9H2,1H3/t12-,15-,16+,17-/m1/s1. The molecule has 142 valence electrons. The first-order valence-electron chi connectivity index (χ1n) is 8.45. The van der Waals surface area contributed by atoms with Crippen molar-refractivity contribution in [3.05, 3.63) is 62.8 Å². The lowest BCUT2D eigenvalue weighted by Gasteiger charge is -2.19. The minimum Gasteiger partial charge on any atom is -0.466 e. The SMILES string of the molecule is CC(=O)O[C@H]1[C@@H]2Oc3cc(=O)n(Cc4ccccc4)c(=O)n3[C@@H]2O[C@@H]1CCl. The molecule has 2 aliphatic rings. The maximum Gasteiger partial charge on any atom is 0.336 e. The van der Waals surface area contributed by atoms with Crippen LogP contribution in [0.3, 0.4) is 0 Å². The van der Waals surface area contributed by atoms with Gasteiger partial charge < -0.3 is 14.2 Å². The van der Waals surface area contributed by atoms with Gasteiger partial charge in [-0.1, -0.05) is 30.3 Å². The number of hydrogen-bond acceptors (Lipinski definition) is 6. The molecule has 0 bridgehead atoms. The van der Waals surface area contributed by atoms with Crippen molar-refractivity contribution >= 4 is 17.6 Å². The Morgan fingerprint density at radius 3 is 2.67 bits per heavy atom. The molecule has 0 spiro atoms. The predicted octanol–water partition coefficient (Wildman–Crippen LogP) is 0.887. The van der Waals surface area contributed by atoms with Gasteiger partial charge in [-0.2, -0.15) is 0 Å². The summed E-state index contributed by atoms with van der Waals surface area (Å²) in [4.78, 5) is 36.8. The van der Waals surface area contributed by atoms with E-state index >= 15 is 0 Å². The Labute approximate surface area is 158 Å². The normalized spacial score (nSPS) is 25.6. The topological polar surface area (TPSA) is 88.8 Å². The van der Waals surface area contributed by atoms with Gasteiger partial charge in [-0.15, -0.1) is 11.6 Å². The number of carbonyl (C=O) groups excluding carboxylic acids is 1. The number of hydrogen-bond donors (Lipinski definition) is 0. The Morgan fingerprint density at radius 1 is 1.26 bits per heavy atom. The third-order valence-corrected chi connectivity index (χ3v) is 4.93. The fourth-order valence-corrected chi connectivity index (χ4v) is 3.70. The second-order valence-electron chi connectivity index (χ2n) is 6.42. The van der Waals surface area contributed by atoms with Crippen molar-refractivity contribution in [1.29, 1.82) is 0 Å². The first-order valence-corrected chi connectivity index (χ1v) is 8.98. The van der Waals surface area contributed by atoms with Gasteiger partial charge in [0.1, 0.15) is 6.10 Å². The molecule has 0 aliphatic carbocycles. The molecule has 1 aromatic carbocycles. The summed E-state index contributed by atoms with van der Waals surface area (Å²) in [5, 5.41) is 0. The number of ether oxygens (including phenoxy) is 3. The molecule has 2 aromatic rings. The number of nitrogens with zero attached hydrogens (tertiary/aromatic N) is 2. The van der Waals surface area contributed by atoms with Crippen LogP contribution in [0.1, 0.15) is 18.7 Å². The lowest BCUT2D eigenvalue weighted by molar-refractivity contribution is -0.151. The van der Waals surface area contributed by atoms with E-state index in [9.17, 15) is 14.4 Å². The molecule has 4 rings (SSSR count). The monoisotopic (exact) mass is 392 g/mol. The number of halogens is 1. The number of esters is 1. The van der Waals surface area contributed by atoms with Gasteiger partial charge in [0.25, 0.3) is 5.56 Å². The molecule has 2 aliphatic heterocycles. The highest BCUT2D eigenvalue weighted by molar-refractivity contribution is 6.18. The molecule has 27 heavy (non-hydrogen) atoms. The number of benzene rings is 1. The number of fused-ring (bicyclic) bond motifs is 3. The molecule has 0 radical (unpaired) electrons. The maximum atomic E-state index is 13.0. The number of alkyl halides is 1. The van der Waals surface area contributed by atoms with Gasteiger partial charge in [-0.25, -0.2) is 9.36 Å². The summed E-state index contributed by atoms with van der Waals surface area (Å²) in [6.07, 6.45) is -2.93. The summed E-state index contributed by atoms with van der Waals surface area (Å²) >= 11 is 5.91. The average molecular weight is 393 g/mol. The molecule has 0 amide bonds. The Balaban J connectivity index is 1.73. The van der Waals surface area contributed by atoms with Gasteiger partial charge in [0.05, 0.1) is 18.5 Å². The number of rotatable bonds is 4. The summed E-state index contributed by atoms with van der Waals surface area (Å²) in [7, 11) is 0. The van der Waals surface area contributed by atoms with E-state index in [0.717, 1.165) is 10.1 Å². The van der Waals surface area contributed by atoms with Crippen LogP contribution in [0.4, 0.5) is 0 Å². The van der Waals surface area contributed by atoms with Crippen LogP contribution >= 0.6 is 11.6 Å². The summed E-state index contributed by atoms with van der Waals surface area (Å²) in [5.74, 6) is -0.341. The zero-order valence-electron chi connectivity index (χ0n) is 14.4. The highest BCUT2D eigenvalue weighted by Crippen LogP contribution is 2.40. The van der Waals surface area contributed by atoms with E-state index in [0.29, 0.717) is 0 Å². The van der Waals surface area contributed by atoms with E-state index in [1.165, 1.54) is 17.6 Å². The lowest BCUT2D eigenvalue weighted by atomic mass is 10.1. The van der Waals surface area contributed by atoms with Crippen LogP contribution in [0.15, 0.2) is 46.0 Å². The zero-order chi connectivity index (χ0) is 19.1. The van der Waals surface area contributed by atoms with Crippen LogP contribution in [0.25, 0.3) is 0 Å². The van der Waals surface area contributed by atoms with Crippen molar-refractivity contribution in [2.75, 3.05) is 5.88 Å². The Morgan fingerprint density at radius 2 is 2.00 bits per heavy atom. The largest absolute Gasteiger partial charge is 0.466 e. The predicted molar refractivity (Wildman–Crippen MR) is 95.1 cm³/mol. The van der Waals surface area contributed by atoms with E-state index in [1.54, 1.807) is 0 Å². The molecule has 8 nitrogen and oxygen atoms in total. The smallest absolute Gasteiger partial charge is 0.336 e. The van der Waals surface area contributed by atoms with Gasteiger partial charge in [0, 0.05) is 6.92 Å². The molecule has 1 fully saturated rings. The van der Waals surface area contributed by atoms with Crippen molar-refractivity contribution in [2.45, 2.75) is 38.0 Å². The first-order chi connectivity index (χ1) is 13.0. The highest BCUT2D eigenvalue weighted by Gasteiger charge is 2.54. The van der Waals surface area contributed by atoms with Crippen molar-refractivity contribution in [2.24, 2.45) is 0 Å². The van der Waals surface area contributed by atoms with Gasteiger partial charge >= 0.3 is 11.7 Å². The average Bonchev–Trinajstić information content (AvgIpc) is 3.15. The van der Waals surface area contributed by atoms with Crippen molar-refractivity contribution in [1.82, 2.24) is 9.13 Å². The molecule has 3 heterocycles. The Kier molecular flexibility index (Phi) is 4.53. The van der Waals surface area contributed by atoms with Crippen LogP contribution in [-0.4, -0.2) is 39.3 Å². The Hall–Kier alpha value is -2.58.